The van der Waals surface area contributed by atoms with Gasteiger partial charge in [-0.15, -0.1) is 0 Å². The van der Waals surface area contributed by atoms with E-state index < -0.39 is 0 Å². The van der Waals surface area contributed by atoms with E-state index in [-0.39, 0.29) is 0 Å². The van der Waals surface area contributed by atoms with Crippen molar-refractivity contribution >= 4 is 0 Å². The van der Waals surface area contributed by atoms with Crippen molar-refractivity contribution in [1.29, 1.82) is 0 Å². The van der Waals surface area contributed by atoms with Crippen LogP contribution in [0.1, 0.15) is 34.6 Å². The SMILES string of the molecule is CC(C)[C@@H]1OCCN(C(C)C)[C@H]1C. The van der Waals surface area contributed by atoms with Crippen LogP contribution < -0.4 is 0 Å². The van der Waals surface area contributed by atoms with Gasteiger partial charge in [0.05, 0.1) is 12.7 Å². The molecule has 2 nitrogen and oxygen atoms in total. The summed E-state index contributed by atoms with van der Waals surface area (Å²) >= 11 is 0. The van der Waals surface area contributed by atoms with E-state index in [0.29, 0.717) is 24.1 Å². The topological polar surface area (TPSA) is 12.5 Å². The summed E-state index contributed by atoms with van der Waals surface area (Å²) in [5, 5.41) is 0. The van der Waals surface area contributed by atoms with Crippen LogP contribution in [0.15, 0.2) is 0 Å². The molecule has 0 spiro atoms. The molecule has 2 atom stereocenters. The minimum atomic E-state index is 0.413. The first-order chi connectivity index (χ1) is 6.04. The monoisotopic (exact) mass is 185 g/mol. The van der Waals surface area contributed by atoms with Crippen molar-refractivity contribution in [1.82, 2.24) is 4.90 Å². The van der Waals surface area contributed by atoms with Gasteiger partial charge in [-0.05, 0) is 26.7 Å². The van der Waals surface area contributed by atoms with Gasteiger partial charge < -0.3 is 4.74 Å². The summed E-state index contributed by atoms with van der Waals surface area (Å²) in [7, 11) is 0. The van der Waals surface area contributed by atoms with E-state index in [0.717, 1.165) is 13.2 Å². The zero-order valence-corrected chi connectivity index (χ0v) is 9.58. The Morgan fingerprint density at radius 2 is 1.85 bits per heavy atom. The first kappa shape index (κ1) is 11.0. The molecular formula is C11H23NO. The molecule has 0 unspecified atom stereocenters. The summed E-state index contributed by atoms with van der Waals surface area (Å²) < 4.78 is 5.79. The maximum Gasteiger partial charge on any atom is 0.0751 e. The van der Waals surface area contributed by atoms with E-state index in [2.05, 4.69) is 39.5 Å². The van der Waals surface area contributed by atoms with Crippen LogP contribution in [-0.2, 0) is 4.74 Å². The highest BCUT2D eigenvalue weighted by Gasteiger charge is 2.31. The molecule has 0 aromatic heterocycles. The maximum atomic E-state index is 5.79. The molecule has 0 amide bonds. The first-order valence-electron chi connectivity index (χ1n) is 5.41. The van der Waals surface area contributed by atoms with Crippen LogP contribution in [0.2, 0.25) is 0 Å². The minimum Gasteiger partial charge on any atom is -0.375 e. The Morgan fingerprint density at radius 1 is 1.23 bits per heavy atom. The molecule has 1 aliphatic heterocycles. The Kier molecular flexibility index (Phi) is 3.74. The van der Waals surface area contributed by atoms with E-state index in [1.54, 1.807) is 0 Å². The van der Waals surface area contributed by atoms with Crippen molar-refractivity contribution < 1.29 is 4.74 Å². The van der Waals surface area contributed by atoms with E-state index in [4.69, 9.17) is 4.74 Å². The molecule has 0 aromatic carbocycles. The summed E-state index contributed by atoms with van der Waals surface area (Å²) in [4.78, 5) is 2.54. The average molecular weight is 185 g/mol. The third-order valence-electron chi connectivity index (χ3n) is 2.98. The number of ether oxygens (including phenoxy) is 1. The van der Waals surface area contributed by atoms with Crippen molar-refractivity contribution in [3.63, 3.8) is 0 Å². The lowest BCUT2D eigenvalue weighted by molar-refractivity contribution is -0.0945. The Bertz CT molecular complexity index is 140. The smallest absolute Gasteiger partial charge is 0.0751 e. The highest BCUT2D eigenvalue weighted by atomic mass is 16.5. The highest BCUT2D eigenvalue weighted by molar-refractivity contribution is 4.84. The molecule has 1 heterocycles. The van der Waals surface area contributed by atoms with Crippen LogP contribution in [0.5, 0.6) is 0 Å². The molecule has 1 rings (SSSR count). The van der Waals surface area contributed by atoms with Gasteiger partial charge in [0.15, 0.2) is 0 Å². The van der Waals surface area contributed by atoms with Gasteiger partial charge in [0, 0.05) is 18.6 Å². The zero-order chi connectivity index (χ0) is 10.0. The molecule has 0 radical (unpaired) electrons. The Morgan fingerprint density at radius 3 is 2.31 bits per heavy atom. The Balaban J connectivity index is 2.60. The Labute approximate surface area is 82.3 Å². The normalized spacial score (nSPS) is 31.6. The van der Waals surface area contributed by atoms with Crippen LogP contribution in [0.4, 0.5) is 0 Å². The lowest BCUT2D eigenvalue weighted by atomic mass is 9.97. The summed E-state index contributed by atoms with van der Waals surface area (Å²) in [6.45, 7) is 13.3. The molecule has 1 saturated heterocycles. The van der Waals surface area contributed by atoms with Crippen molar-refractivity contribution in [2.45, 2.75) is 52.8 Å². The second-order valence-electron chi connectivity index (χ2n) is 4.65. The molecule has 0 N–H and O–H groups in total. The molecule has 2 heteroatoms. The predicted octanol–water partition coefficient (Wildman–Crippen LogP) is 2.14. The number of rotatable bonds is 2. The number of hydrogen-bond donors (Lipinski definition) is 0. The van der Waals surface area contributed by atoms with E-state index in [9.17, 15) is 0 Å². The predicted molar refractivity (Wildman–Crippen MR) is 55.9 cm³/mol. The molecule has 0 saturated carbocycles. The molecule has 0 aliphatic carbocycles. The first-order valence-corrected chi connectivity index (χ1v) is 5.41. The quantitative estimate of drug-likeness (QED) is 0.653. The largest absolute Gasteiger partial charge is 0.375 e. The standard InChI is InChI=1S/C11H23NO/c1-8(2)11-10(5)12(9(3)4)6-7-13-11/h8-11H,6-7H2,1-5H3/t10-,11-/m0/s1. The molecule has 1 aliphatic rings. The molecule has 0 aromatic rings. The molecule has 13 heavy (non-hydrogen) atoms. The highest BCUT2D eigenvalue weighted by Crippen LogP contribution is 2.21. The van der Waals surface area contributed by atoms with Crippen LogP contribution in [0.3, 0.4) is 0 Å². The van der Waals surface area contributed by atoms with Crippen molar-refractivity contribution in [2.24, 2.45) is 5.92 Å². The van der Waals surface area contributed by atoms with Gasteiger partial charge in [0.1, 0.15) is 0 Å². The molecule has 78 valence electrons. The van der Waals surface area contributed by atoms with E-state index in [1.165, 1.54) is 0 Å². The third kappa shape index (κ3) is 2.44. The summed E-state index contributed by atoms with van der Waals surface area (Å²) in [5.74, 6) is 0.622. The van der Waals surface area contributed by atoms with Crippen molar-refractivity contribution in [3.8, 4) is 0 Å². The fourth-order valence-corrected chi connectivity index (χ4v) is 2.30. The van der Waals surface area contributed by atoms with Gasteiger partial charge in [-0.2, -0.15) is 0 Å². The van der Waals surface area contributed by atoms with Gasteiger partial charge in [0.25, 0.3) is 0 Å². The fraction of sp³-hybridized carbons (Fsp3) is 1.00. The zero-order valence-electron chi connectivity index (χ0n) is 9.58. The minimum absolute atomic E-state index is 0.413. The summed E-state index contributed by atoms with van der Waals surface area (Å²) in [5.41, 5.74) is 0. The third-order valence-corrected chi connectivity index (χ3v) is 2.98. The molecule has 0 bridgehead atoms. The molecule has 1 fully saturated rings. The summed E-state index contributed by atoms with van der Waals surface area (Å²) in [6, 6.07) is 1.20. The van der Waals surface area contributed by atoms with Crippen LogP contribution in [0, 0.1) is 5.92 Å². The number of morpholine rings is 1. The van der Waals surface area contributed by atoms with Crippen LogP contribution in [-0.4, -0.2) is 36.2 Å². The van der Waals surface area contributed by atoms with Crippen molar-refractivity contribution in [3.05, 3.63) is 0 Å². The number of hydrogen-bond acceptors (Lipinski definition) is 2. The second-order valence-corrected chi connectivity index (χ2v) is 4.65. The van der Waals surface area contributed by atoms with Gasteiger partial charge in [-0.1, -0.05) is 13.8 Å². The van der Waals surface area contributed by atoms with Crippen LogP contribution >= 0.6 is 0 Å². The van der Waals surface area contributed by atoms with Crippen molar-refractivity contribution in [2.75, 3.05) is 13.2 Å². The maximum absolute atomic E-state index is 5.79. The molecular weight excluding hydrogens is 162 g/mol. The van der Waals surface area contributed by atoms with E-state index >= 15 is 0 Å². The van der Waals surface area contributed by atoms with Gasteiger partial charge in [0.2, 0.25) is 0 Å². The Hall–Kier alpha value is -0.0800. The second kappa shape index (κ2) is 4.43. The number of nitrogens with zero attached hydrogens (tertiary/aromatic N) is 1. The van der Waals surface area contributed by atoms with Gasteiger partial charge >= 0.3 is 0 Å². The van der Waals surface area contributed by atoms with E-state index in [1.807, 2.05) is 0 Å². The summed E-state index contributed by atoms with van der Waals surface area (Å²) in [6.07, 6.45) is 0.413. The fourth-order valence-electron chi connectivity index (χ4n) is 2.30. The van der Waals surface area contributed by atoms with Crippen LogP contribution in [0.25, 0.3) is 0 Å². The van der Waals surface area contributed by atoms with Gasteiger partial charge in [-0.25, -0.2) is 0 Å². The lowest BCUT2D eigenvalue weighted by Gasteiger charge is -2.43. The average Bonchev–Trinajstić information content (AvgIpc) is 2.03. The lowest BCUT2D eigenvalue weighted by Crippen LogP contribution is -2.54. The van der Waals surface area contributed by atoms with Gasteiger partial charge in [-0.3, -0.25) is 4.90 Å².